The van der Waals surface area contributed by atoms with Gasteiger partial charge in [-0.25, -0.2) is 4.79 Å². The van der Waals surface area contributed by atoms with Crippen molar-refractivity contribution in [2.45, 2.75) is 13.8 Å². The van der Waals surface area contributed by atoms with Gasteiger partial charge in [0.15, 0.2) is 0 Å². The molecule has 0 spiro atoms. The predicted octanol–water partition coefficient (Wildman–Crippen LogP) is 3.23. The number of rotatable bonds is 3. The molecule has 0 aliphatic heterocycles. The van der Waals surface area contributed by atoms with Crippen molar-refractivity contribution in [3.05, 3.63) is 53.7 Å². The molecule has 0 saturated carbocycles. The van der Waals surface area contributed by atoms with Gasteiger partial charge in [0.25, 0.3) is 0 Å². The molecule has 0 saturated heterocycles. The van der Waals surface area contributed by atoms with Crippen LogP contribution in [0.1, 0.15) is 22.8 Å². The minimum atomic E-state index is -0.312. The van der Waals surface area contributed by atoms with Gasteiger partial charge in [0.05, 0.1) is 17.9 Å². The van der Waals surface area contributed by atoms with Crippen LogP contribution in [0.3, 0.4) is 0 Å². The molecule has 1 aromatic heterocycles. The number of hydrogen-bond acceptors (Lipinski definition) is 3. The van der Waals surface area contributed by atoms with Gasteiger partial charge in [-0.05, 0) is 26.0 Å². The second kappa shape index (κ2) is 5.45. The lowest BCUT2D eigenvalue weighted by molar-refractivity contribution is 0.0526. The average molecular weight is 241 g/mol. The minimum absolute atomic E-state index is 0.312. The second-order valence-electron chi connectivity index (χ2n) is 4.02. The lowest BCUT2D eigenvalue weighted by atomic mass is 10.1. The number of carbonyl (C=O) groups is 1. The normalized spacial score (nSPS) is 10.1. The topological polar surface area (TPSA) is 39.2 Å². The Bertz CT molecular complexity index is 547. The first kappa shape index (κ1) is 12.3. The first-order chi connectivity index (χ1) is 8.70. The van der Waals surface area contributed by atoms with E-state index < -0.39 is 0 Å². The third-order valence-electron chi connectivity index (χ3n) is 2.62. The summed E-state index contributed by atoms with van der Waals surface area (Å²) in [4.78, 5) is 15.9. The van der Waals surface area contributed by atoms with Crippen molar-refractivity contribution in [3.8, 4) is 11.3 Å². The molecule has 0 aliphatic carbocycles. The highest BCUT2D eigenvalue weighted by atomic mass is 16.5. The molecule has 3 nitrogen and oxygen atoms in total. The number of aromatic nitrogens is 1. The summed E-state index contributed by atoms with van der Waals surface area (Å²) in [6, 6.07) is 11.4. The van der Waals surface area contributed by atoms with Crippen LogP contribution in [-0.4, -0.2) is 17.6 Å². The van der Waals surface area contributed by atoms with Crippen LogP contribution in [0.5, 0.6) is 0 Å². The molecule has 3 heteroatoms. The SMILES string of the molecule is CCOC(=O)c1ccnc(-c2ccc(C)cc2)c1. The van der Waals surface area contributed by atoms with Crippen molar-refractivity contribution in [1.82, 2.24) is 4.98 Å². The number of hydrogen-bond donors (Lipinski definition) is 0. The van der Waals surface area contributed by atoms with Crippen molar-refractivity contribution >= 4 is 5.97 Å². The highest BCUT2D eigenvalue weighted by Crippen LogP contribution is 2.18. The lowest BCUT2D eigenvalue weighted by Gasteiger charge is -2.05. The molecule has 0 fully saturated rings. The summed E-state index contributed by atoms with van der Waals surface area (Å²) in [5, 5.41) is 0. The standard InChI is InChI=1S/C15H15NO2/c1-3-18-15(17)13-8-9-16-14(10-13)12-6-4-11(2)5-7-12/h4-10H,3H2,1-2H3. The number of aryl methyl sites for hydroxylation is 1. The van der Waals surface area contributed by atoms with Gasteiger partial charge in [0.1, 0.15) is 0 Å². The number of nitrogens with zero attached hydrogens (tertiary/aromatic N) is 1. The van der Waals surface area contributed by atoms with Gasteiger partial charge in [-0.3, -0.25) is 4.98 Å². The Morgan fingerprint density at radius 1 is 1.22 bits per heavy atom. The third-order valence-corrected chi connectivity index (χ3v) is 2.62. The maximum Gasteiger partial charge on any atom is 0.338 e. The van der Waals surface area contributed by atoms with E-state index in [2.05, 4.69) is 4.98 Å². The van der Waals surface area contributed by atoms with Gasteiger partial charge in [-0.1, -0.05) is 29.8 Å². The Hall–Kier alpha value is -2.16. The zero-order valence-electron chi connectivity index (χ0n) is 10.5. The van der Waals surface area contributed by atoms with Crippen LogP contribution in [0, 0.1) is 6.92 Å². The van der Waals surface area contributed by atoms with Crippen LogP contribution in [0.2, 0.25) is 0 Å². The minimum Gasteiger partial charge on any atom is -0.462 e. The van der Waals surface area contributed by atoms with Crippen molar-refractivity contribution in [2.75, 3.05) is 6.61 Å². The molecule has 2 aromatic rings. The average Bonchev–Trinajstić information content (AvgIpc) is 2.40. The maximum atomic E-state index is 11.6. The van der Waals surface area contributed by atoms with E-state index >= 15 is 0 Å². The molecule has 0 amide bonds. The van der Waals surface area contributed by atoms with Gasteiger partial charge in [0, 0.05) is 11.8 Å². The molecule has 0 atom stereocenters. The molecule has 18 heavy (non-hydrogen) atoms. The van der Waals surface area contributed by atoms with E-state index in [1.54, 1.807) is 25.3 Å². The summed E-state index contributed by atoms with van der Waals surface area (Å²) in [6.07, 6.45) is 1.63. The van der Waals surface area contributed by atoms with Crippen LogP contribution in [0.4, 0.5) is 0 Å². The molecule has 1 aromatic carbocycles. The van der Waals surface area contributed by atoms with E-state index in [-0.39, 0.29) is 5.97 Å². The van der Waals surface area contributed by atoms with E-state index in [0.717, 1.165) is 11.3 Å². The molecule has 0 aliphatic rings. The molecule has 0 N–H and O–H groups in total. The molecular formula is C15H15NO2. The molecule has 0 bridgehead atoms. The Morgan fingerprint density at radius 3 is 2.61 bits per heavy atom. The zero-order valence-corrected chi connectivity index (χ0v) is 10.5. The summed E-state index contributed by atoms with van der Waals surface area (Å²) in [6.45, 7) is 4.20. The van der Waals surface area contributed by atoms with Gasteiger partial charge in [-0.2, -0.15) is 0 Å². The summed E-state index contributed by atoms with van der Waals surface area (Å²) in [5.74, 6) is -0.312. The number of ether oxygens (including phenoxy) is 1. The maximum absolute atomic E-state index is 11.6. The van der Waals surface area contributed by atoms with E-state index in [1.807, 2.05) is 31.2 Å². The lowest BCUT2D eigenvalue weighted by Crippen LogP contribution is -2.04. The van der Waals surface area contributed by atoms with Crippen molar-refractivity contribution in [3.63, 3.8) is 0 Å². The summed E-state index contributed by atoms with van der Waals surface area (Å²) in [7, 11) is 0. The molecular weight excluding hydrogens is 226 g/mol. The Balaban J connectivity index is 2.32. The zero-order chi connectivity index (χ0) is 13.0. The van der Waals surface area contributed by atoms with E-state index in [0.29, 0.717) is 12.2 Å². The van der Waals surface area contributed by atoms with Gasteiger partial charge >= 0.3 is 5.97 Å². The first-order valence-corrected chi connectivity index (χ1v) is 5.91. The summed E-state index contributed by atoms with van der Waals surface area (Å²) >= 11 is 0. The van der Waals surface area contributed by atoms with Crippen molar-refractivity contribution < 1.29 is 9.53 Å². The Kier molecular flexibility index (Phi) is 3.72. The Morgan fingerprint density at radius 2 is 1.94 bits per heavy atom. The fraction of sp³-hybridized carbons (Fsp3) is 0.200. The van der Waals surface area contributed by atoms with Gasteiger partial charge < -0.3 is 4.74 Å². The highest BCUT2D eigenvalue weighted by molar-refractivity contribution is 5.90. The van der Waals surface area contributed by atoms with Crippen LogP contribution in [-0.2, 0) is 4.74 Å². The second-order valence-corrected chi connectivity index (χ2v) is 4.02. The fourth-order valence-corrected chi connectivity index (χ4v) is 1.65. The van der Waals surface area contributed by atoms with Crippen molar-refractivity contribution in [1.29, 1.82) is 0 Å². The largest absolute Gasteiger partial charge is 0.462 e. The highest BCUT2D eigenvalue weighted by Gasteiger charge is 2.08. The smallest absolute Gasteiger partial charge is 0.338 e. The quantitative estimate of drug-likeness (QED) is 0.774. The van der Waals surface area contributed by atoms with Crippen LogP contribution < -0.4 is 0 Å². The number of pyridine rings is 1. The molecule has 2 rings (SSSR count). The summed E-state index contributed by atoms with van der Waals surface area (Å²) < 4.78 is 4.97. The molecule has 1 heterocycles. The molecule has 0 radical (unpaired) electrons. The third kappa shape index (κ3) is 2.74. The van der Waals surface area contributed by atoms with E-state index in [9.17, 15) is 4.79 Å². The van der Waals surface area contributed by atoms with Gasteiger partial charge in [-0.15, -0.1) is 0 Å². The number of benzene rings is 1. The van der Waals surface area contributed by atoms with Crippen LogP contribution >= 0.6 is 0 Å². The summed E-state index contributed by atoms with van der Waals surface area (Å²) in [5.41, 5.74) is 3.50. The van der Waals surface area contributed by atoms with Gasteiger partial charge in [0.2, 0.25) is 0 Å². The fourth-order valence-electron chi connectivity index (χ4n) is 1.65. The van der Waals surface area contributed by atoms with E-state index in [4.69, 9.17) is 4.74 Å². The van der Waals surface area contributed by atoms with Crippen molar-refractivity contribution in [2.24, 2.45) is 0 Å². The number of esters is 1. The van der Waals surface area contributed by atoms with E-state index in [1.165, 1.54) is 5.56 Å². The van der Waals surface area contributed by atoms with Crippen LogP contribution in [0.25, 0.3) is 11.3 Å². The monoisotopic (exact) mass is 241 g/mol. The molecule has 92 valence electrons. The number of carbonyl (C=O) groups excluding carboxylic acids is 1. The molecule has 0 unspecified atom stereocenters. The van der Waals surface area contributed by atoms with Crippen LogP contribution in [0.15, 0.2) is 42.6 Å². The predicted molar refractivity (Wildman–Crippen MR) is 70.4 cm³/mol. The Labute approximate surface area is 106 Å². The first-order valence-electron chi connectivity index (χ1n) is 5.91.